The highest BCUT2D eigenvalue weighted by Crippen LogP contribution is 2.30. The summed E-state index contributed by atoms with van der Waals surface area (Å²) in [5.41, 5.74) is 3.20. The lowest BCUT2D eigenvalue weighted by Crippen LogP contribution is -1.93. The van der Waals surface area contributed by atoms with E-state index < -0.39 is 0 Å². The highest BCUT2D eigenvalue weighted by atomic mass is 35.5. The second-order valence-electron chi connectivity index (χ2n) is 4.42. The number of rotatable bonds is 3. The van der Waals surface area contributed by atoms with Crippen LogP contribution in [0.4, 0.5) is 0 Å². The number of imidazole rings is 1. The van der Waals surface area contributed by atoms with Crippen molar-refractivity contribution in [1.29, 1.82) is 0 Å². The summed E-state index contributed by atoms with van der Waals surface area (Å²) in [7, 11) is 0. The second kappa shape index (κ2) is 4.87. The van der Waals surface area contributed by atoms with Crippen LogP contribution in [0, 0.1) is 13.8 Å². The number of aromatic nitrogens is 2. The van der Waals surface area contributed by atoms with E-state index in [0.717, 1.165) is 22.0 Å². The lowest BCUT2D eigenvalue weighted by Gasteiger charge is -2.08. The molecule has 0 radical (unpaired) electrons. The van der Waals surface area contributed by atoms with Crippen LogP contribution in [0.25, 0.3) is 4.96 Å². The quantitative estimate of drug-likeness (QED) is 0.662. The molecule has 2 heterocycles. The van der Waals surface area contributed by atoms with Gasteiger partial charge in [-0.1, -0.05) is 17.7 Å². The van der Waals surface area contributed by atoms with Crippen molar-refractivity contribution < 1.29 is 4.74 Å². The van der Waals surface area contributed by atoms with Crippen LogP contribution in [-0.4, -0.2) is 9.38 Å². The molecule has 0 saturated heterocycles. The topological polar surface area (TPSA) is 26.5 Å². The van der Waals surface area contributed by atoms with Crippen LogP contribution in [0.2, 0.25) is 0 Å². The molecule has 3 aromatic rings. The minimum absolute atomic E-state index is 0.373. The molecule has 0 atom stereocenters. The predicted molar refractivity (Wildman–Crippen MR) is 78.6 cm³/mol. The van der Waals surface area contributed by atoms with Crippen molar-refractivity contribution in [3.8, 4) is 11.6 Å². The van der Waals surface area contributed by atoms with Crippen LogP contribution < -0.4 is 4.74 Å². The molecular weight excluding hydrogens is 280 g/mol. The van der Waals surface area contributed by atoms with Gasteiger partial charge in [0, 0.05) is 11.6 Å². The van der Waals surface area contributed by atoms with Crippen molar-refractivity contribution in [2.24, 2.45) is 0 Å². The molecule has 0 aliphatic carbocycles. The lowest BCUT2D eigenvalue weighted by molar-refractivity contribution is 0.458. The zero-order valence-corrected chi connectivity index (χ0v) is 12.3. The summed E-state index contributed by atoms with van der Waals surface area (Å²) in [6, 6.07) is 6.09. The monoisotopic (exact) mass is 292 g/mol. The lowest BCUT2D eigenvalue weighted by atomic mass is 10.1. The zero-order valence-electron chi connectivity index (χ0n) is 10.7. The predicted octanol–water partition coefficient (Wildman–Crippen LogP) is 4.54. The van der Waals surface area contributed by atoms with E-state index in [-0.39, 0.29) is 0 Å². The summed E-state index contributed by atoms with van der Waals surface area (Å²) in [5.74, 6) is 1.79. The van der Waals surface area contributed by atoms with E-state index in [1.165, 1.54) is 5.56 Å². The van der Waals surface area contributed by atoms with Crippen molar-refractivity contribution in [1.82, 2.24) is 9.38 Å². The fourth-order valence-corrected chi connectivity index (χ4v) is 3.00. The normalized spacial score (nSPS) is 11.1. The number of nitrogens with zero attached hydrogens (tertiary/aromatic N) is 2. The van der Waals surface area contributed by atoms with E-state index >= 15 is 0 Å². The van der Waals surface area contributed by atoms with Crippen molar-refractivity contribution in [2.45, 2.75) is 19.7 Å². The molecule has 1 aromatic carbocycles. The zero-order chi connectivity index (χ0) is 13.4. The van der Waals surface area contributed by atoms with Crippen molar-refractivity contribution >= 4 is 27.9 Å². The first-order valence-corrected chi connectivity index (χ1v) is 7.36. The molecule has 0 aliphatic rings. The number of hydrogen-bond donors (Lipinski definition) is 0. The summed E-state index contributed by atoms with van der Waals surface area (Å²) in [5, 5.41) is 1.99. The van der Waals surface area contributed by atoms with Crippen LogP contribution >= 0.6 is 22.9 Å². The molecule has 0 bridgehead atoms. The molecule has 0 amide bonds. The first kappa shape index (κ1) is 12.5. The number of fused-ring (bicyclic) bond motifs is 1. The van der Waals surface area contributed by atoms with E-state index in [1.54, 1.807) is 11.3 Å². The molecular formula is C14H13ClN2OS. The maximum atomic E-state index is 6.00. The first-order chi connectivity index (χ1) is 9.19. The minimum Gasteiger partial charge on any atom is -0.437 e. The van der Waals surface area contributed by atoms with Gasteiger partial charge in [-0.15, -0.1) is 22.9 Å². The molecule has 3 nitrogen and oxygen atoms in total. The molecule has 98 valence electrons. The molecule has 0 fully saturated rings. The van der Waals surface area contributed by atoms with Crippen LogP contribution in [0.1, 0.15) is 16.8 Å². The molecule has 0 aliphatic heterocycles. The van der Waals surface area contributed by atoms with Gasteiger partial charge in [-0.2, -0.15) is 4.98 Å². The summed E-state index contributed by atoms with van der Waals surface area (Å²) in [4.78, 5) is 5.38. The average Bonchev–Trinajstić information content (AvgIpc) is 2.92. The van der Waals surface area contributed by atoms with Crippen LogP contribution in [0.3, 0.4) is 0 Å². The van der Waals surface area contributed by atoms with Crippen molar-refractivity contribution in [2.75, 3.05) is 0 Å². The summed E-state index contributed by atoms with van der Waals surface area (Å²) in [6.45, 7) is 4.09. The number of hydrogen-bond acceptors (Lipinski definition) is 3. The highest BCUT2D eigenvalue weighted by molar-refractivity contribution is 7.15. The Morgan fingerprint density at radius 1 is 1.37 bits per heavy atom. The van der Waals surface area contributed by atoms with E-state index in [1.807, 2.05) is 35.0 Å². The largest absolute Gasteiger partial charge is 0.437 e. The molecule has 0 N–H and O–H groups in total. The third kappa shape index (κ3) is 2.22. The van der Waals surface area contributed by atoms with E-state index in [0.29, 0.717) is 11.8 Å². The average molecular weight is 293 g/mol. The number of alkyl halides is 1. The van der Waals surface area contributed by atoms with Gasteiger partial charge in [-0.3, -0.25) is 4.40 Å². The Morgan fingerprint density at radius 3 is 2.95 bits per heavy atom. The third-order valence-corrected chi connectivity index (χ3v) is 4.00. The van der Waals surface area contributed by atoms with Crippen LogP contribution in [0.15, 0.2) is 29.8 Å². The van der Waals surface area contributed by atoms with Gasteiger partial charge in [0.2, 0.25) is 5.88 Å². The molecule has 2 aromatic heterocycles. The van der Waals surface area contributed by atoms with E-state index in [4.69, 9.17) is 16.3 Å². The van der Waals surface area contributed by atoms with E-state index in [9.17, 15) is 0 Å². The summed E-state index contributed by atoms with van der Waals surface area (Å²) in [6.07, 6.45) is 1.96. The van der Waals surface area contributed by atoms with Gasteiger partial charge >= 0.3 is 0 Å². The molecule has 0 spiro atoms. The van der Waals surface area contributed by atoms with Gasteiger partial charge < -0.3 is 4.74 Å². The Labute approximate surface area is 120 Å². The molecule has 3 rings (SSSR count). The number of thiazole rings is 1. The van der Waals surface area contributed by atoms with E-state index in [2.05, 4.69) is 18.0 Å². The first-order valence-electron chi connectivity index (χ1n) is 5.94. The molecule has 19 heavy (non-hydrogen) atoms. The SMILES string of the molecule is Cc1ccc(Oc2nc3sccn3c2CCl)c(C)c1. The van der Waals surface area contributed by atoms with Gasteiger partial charge in [-0.05, 0) is 25.5 Å². The van der Waals surface area contributed by atoms with Crippen LogP contribution in [0.5, 0.6) is 11.6 Å². The number of ether oxygens (including phenoxy) is 1. The Bertz CT molecular complexity index is 732. The smallest absolute Gasteiger partial charge is 0.243 e. The Balaban J connectivity index is 2.02. The fourth-order valence-electron chi connectivity index (χ4n) is 2.03. The standard InChI is InChI=1S/C14H13ClN2OS/c1-9-3-4-12(10(2)7-9)18-13-11(8-15)17-5-6-19-14(17)16-13/h3-7H,8H2,1-2H3. The minimum atomic E-state index is 0.373. The van der Waals surface area contributed by atoms with Crippen LogP contribution in [-0.2, 0) is 5.88 Å². The second-order valence-corrected chi connectivity index (χ2v) is 5.56. The Kier molecular flexibility index (Phi) is 3.21. The number of benzene rings is 1. The maximum absolute atomic E-state index is 6.00. The summed E-state index contributed by atoms with van der Waals surface area (Å²) >= 11 is 7.57. The van der Waals surface area contributed by atoms with Crippen molar-refractivity contribution in [3.05, 3.63) is 46.6 Å². The van der Waals surface area contributed by atoms with Gasteiger partial charge in [0.05, 0.1) is 5.88 Å². The maximum Gasteiger partial charge on any atom is 0.243 e. The van der Waals surface area contributed by atoms with Gasteiger partial charge in [0.15, 0.2) is 4.96 Å². The van der Waals surface area contributed by atoms with Gasteiger partial charge in [0.1, 0.15) is 11.4 Å². The summed E-state index contributed by atoms with van der Waals surface area (Å²) < 4.78 is 7.89. The Morgan fingerprint density at radius 2 is 2.21 bits per heavy atom. The number of halogens is 1. The number of aryl methyl sites for hydroxylation is 2. The molecule has 5 heteroatoms. The molecule has 0 unspecified atom stereocenters. The third-order valence-electron chi connectivity index (χ3n) is 2.99. The molecule has 0 saturated carbocycles. The Hall–Kier alpha value is -1.52. The highest BCUT2D eigenvalue weighted by Gasteiger charge is 2.15. The fraction of sp³-hybridized carbons (Fsp3) is 0.214. The van der Waals surface area contributed by atoms with Gasteiger partial charge in [-0.25, -0.2) is 0 Å². The van der Waals surface area contributed by atoms with Crippen molar-refractivity contribution in [3.63, 3.8) is 0 Å². The van der Waals surface area contributed by atoms with Gasteiger partial charge in [0.25, 0.3) is 0 Å².